The largest absolute Gasteiger partial charge is 0.493 e. The fourth-order valence-electron chi connectivity index (χ4n) is 2.92. The highest BCUT2D eigenvalue weighted by Gasteiger charge is 2.09. The first kappa shape index (κ1) is 20.2. The molecule has 0 aliphatic rings. The van der Waals surface area contributed by atoms with Gasteiger partial charge in [-0.2, -0.15) is 0 Å². The summed E-state index contributed by atoms with van der Waals surface area (Å²) in [5.74, 6) is 1.21. The Morgan fingerprint density at radius 3 is 2.48 bits per heavy atom. The molecule has 0 fully saturated rings. The van der Waals surface area contributed by atoms with Gasteiger partial charge in [-0.3, -0.25) is 4.79 Å². The second-order valence-corrected chi connectivity index (χ2v) is 6.57. The van der Waals surface area contributed by atoms with Crippen LogP contribution in [0.3, 0.4) is 0 Å². The van der Waals surface area contributed by atoms with Crippen LogP contribution in [0.5, 0.6) is 11.5 Å². The van der Waals surface area contributed by atoms with Crippen LogP contribution in [-0.4, -0.2) is 31.7 Å². The molecule has 3 aromatic rings. The van der Waals surface area contributed by atoms with Crippen molar-refractivity contribution >= 4 is 17.3 Å². The predicted octanol–water partition coefficient (Wildman–Crippen LogP) is 4.31. The fraction of sp³-hybridized carbons (Fsp3) is 0.217. The standard InChI is InChI=1S/C23H25N3O3/c1-16-6-4-5-7-19(16)26-23(27)20-10-9-18(15-25-20)24-13-12-17-8-11-21(28-2)22(14-17)29-3/h4-11,14-15,24H,12-13H2,1-3H3,(H,26,27). The summed E-state index contributed by atoms with van der Waals surface area (Å²) in [5, 5.41) is 6.20. The molecule has 1 aromatic heterocycles. The Labute approximate surface area is 170 Å². The summed E-state index contributed by atoms with van der Waals surface area (Å²) >= 11 is 0. The van der Waals surface area contributed by atoms with Crippen molar-refractivity contribution in [2.24, 2.45) is 0 Å². The van der Waals surface area contributed by atoms with Gasteiger partial charge in [-0.15, -0.1) is 0 Å². The smallest absolute Gasteiger partial charge is 0.274 e. The summed E-state index contributed by atoms with van der Waals surface area (Å²) in [5.41, 5.74) is 4.17. The minimum Gasteiger partial charge on any atom is -0.493 e. The van der Waals surface area contributed by atoms with E-state index >= 15 is 0 Å². The van der Waals surface area contributed by atoms with E-state index in [1.54, 1.807) is 26.5 Å². The summed E-state index contributed by atoms with van der Waals surface area (Å²) < 4.78 is 10.6. The van der Waals surface area contributed by atoms with Crippen molar-refractivity contribution < 1.29 is 14.3 Å². The van der Waals surface area contributed by atoms with Crippen LogP contribution >= 0.6 is 0 Å². The number of ether oxygens (including phenoxy) is 2. The first-order valence-electron chi connectivity index (χ1n) is 9.38. The van der Waals surface area contributed by atoms with Crippen LogP contribution in [0.15, 0.2) is 60.8 Å². The van der Waals surface area contributed by atoms with Gasteiger partial charge in [0.05, 0.1) is 26.1 Å². The number of para-hydroxylation sites is 1. The van der Waals surface area contributed by atoms with Gasteiger partial charge in [0.1, 0.15) is 5.69 Å². The molecular formula is C23H25N3O3. The minimum absolute atomic E-state index is 0.226. The van der Waals surface area contributed by atoms with Crippen molar-refractivity contribution in [3.63, 3.8) is 0 Å². The first-order valence-corrected chi connectivity index (χ1v) is 9.38. The number of rotatable bonds is 8. The molecule has 0 unspecified atom stereocenters. The molecule has 0 spiro atoms. The van der Waals surface area contributed by atoms with E-state index in [1.807, 2.05) is 55.5 Å². The second kappa shape index (κ2) is 9.59. The number of hydrogen-bond donors (Lipinski definition) is 2. The maximum absolute atomic E-state index is 12.4. The molecule has 0 saturated carbocycles. The topological polar surface area (TPSA) is 72.5 Å². The molecular weight excluding hydrogens is 366 g/mol. The number of hydrogen-bond acceptors (Lipinski definition) is 5. The number of anilines is 2. The molecule has 0 aliphatic heterocycles. The van der Waals surface area contributed by atoms with Crippen molar-refractivity contribution in [2.45, 2.75) is 13.3 Å². The summed E-state index contributed by atoms with van der Waals surface area (Å²) in [7, 11) is 3.25. The molecule has 2 N–H and O–H groups in total. The number of amides is 1. The van der Waals surface area contributed by atoms with Crippen molar-refractivity contribution in [1.82, 2.24) is 4.98 Å². The first-order chi connectivity index (χ1) is 14.1. The normalized spacial score (nSPS) is 10.3. The van der Waals surface area contributed by atoms with Crippen LogP contribution in [0.4, 0.5) is 11.4 Å². The monoisotopic (exact) mass is 391 g/mol. The van der Waals surface area contributed by atoms with Crippen molar-refractivity contribution in [3.8, 4) is 11.5 Å². The lowest BCUT2D eigenvalue weighted by molar-refractivity contribution is 0.102. The lowest BCUT2D eigenvalue weighted by Gasteiger charge is -2.11. The molecule has 0 saturated heterocycles. The summed E-state index contributed by atoms with van der Waals surface area (Å²) in [4.78, 5) is 16.6. The van der Waals surface area contributed by atoms with Gasteiger partial charge in [0.2, 0.25) is 0 Å². The Morgan fingerprint density at radius 1 is 1.00 bits per heavy atom. The number of benzene rings is 2. The van der Waals surface area contributed by atoms with Gasteiger partial charge in [-0.05, 0) is 54.8 Å². The van der Waals surface area contributed by atoms with E-state index < -0.39 is 0 Å². The Kier molecular flexibility index (Phi) is 6.68. The van der Waals surface area contributed by atoms with Crippen LogP contribution < -0.4 is 20.1 Å². The Bertz CT molecular complexity index is 971. The Hall–Kier alpha value is -3.54. The maximum atomic E-state index is 12.4. The molecule has 1 amide bonds. The van der Waals surface area contributed by atoms with E-state index in [9.17, 15) is 4.79 Å². The van der Waals surface area contributed by atoms with Gasteiger partial charge in [0.25, 0.3) is 5.91 Å². The molecule has 1 heterocycles. The number of carbonyl (C=O) groups is 1. The highest BCUT2D eigenvalue weighted by molar-refractivity contribution is 6.03. The fourth-order valence-corrected chi connectivity index (χ4v) is 2.92. The van der Waals surface area contributed by atoms with Gasteiger partial charge in [0, 0.05) is 12.2 Å². The molecule has 150 valence electrons. The van der Waals surface area contributed by atoms with Gasteiger partial charge in [0.15, 0.2) is 11.5 Å². The number of nitrogens with one attached hydrogen (secondary N) is 2. The second-order valence-electron chi connectivity index (χ2n) is 6.57. The third-order valence-electron chi connectivity index (χ3n) is 4.58. The number of aryl methyl sites for hydroxylation is 1. The lowest BCUT2D eigenvalue weighted by Crippen LogP contribution is -2.14. The van der Waals surface area contributed by atoms with Gasteiger partial charge in [-0.25, -0.2) is 4.98 Å². The highest BCUT2D eigenvalue weighted by atomic mass is 16.5. The highest BCUT2D eigenvalue weighted by Crippen LogP contribution is 2.27. The summed E-state index contributed by atoms with van der Waals surface area (Å²) in [6, 6.07) is 17.1. The molecule has 29 heavy (non-hydrogen) atoms. The molecule has 0 bridgehead atoms. The van der Waals surface area contributed by atoms with Crippen molar-refractivity contribution in [3.05, 3.63) is 77.6 Å². The number of methoxy groups -OCH3 is 2. The number of carbonyl (C=O) groups excluding carboxylic acids is 1. The number of pyridine rings is 1. The number of aromatic nitrogens is 1. The molecule has 0 radical (unpaired) electrons. The van der Waals surface area contributed by atoms with Gasteiger partial charge in [-0.1, -0.05) is 24.3 Å². The molecule has 0 aliphatic carbocycles. The Morgan fingerprint density at radius 2 is 1.79 bits per heavy atom. The van der Waals surface area contributed by atoms with Crippen LogP contribution in [0.25, 0.3) is 0 Å². The van der Waals surface area contributed by atoms with Crippen molar-refractivity contribution in [1.29, 1.82) is 0 Å². The zero-order valence-corrected chi connectivity index (χ0v) is 16.9. The van der Waals surface area contributed by atoms with Crippen LogP contribution in [-0.2, 0) is 6.42 Å². The number of nitrogens with zero attached hydrogens (tertiary/aromatic N) is 1. The van der Waals surface area contributed by atoms with Crippen molar-refractivity contribution in [2.75, 3.05) is 31.4 Å². The molecule has 6 nitrogen and oxygen atoms in total. The van der Waals surface area contributed by atoms with Gasteiger partial charge >= 0.3 is 0 Å². The average Bonchev–Trinajstić information content (AvgIpc) is 2.75. The molecule has 0 atom stereocenters. The maximum Gasteiger partial charge on any atom is 0.274 e. The molecule has 3 rings (SSSR count). The molecule has 2 aromatic carbocycles. The average molecular weight is 391 g/mol. The third-order valence-corrected chi connectivity index (χ3v) is 4.58. The van der Waals surface area contributed by atoms with E-state index in [0.717, 1.165) is 41.2 Å². The Balaban J connectivity index is 1.54. The lowest BCUT2D eigenvalue weighted by atomic mass is 10.1. The summed E-state index contributed by atoms with van der Waals surface area (Å²) in [6.45, 7) is 2.68. The van der Waals surface area contributed by atoms with E-state index in [0.29, 0.717) is 11.4 Å². The SMILES string of the molecule is COc1ccc(CCNc2ccc(C(=O)Nc3ccccc3C)nc2)cc1OC. The third kappa shape index (κ3) is 5.25. The summed E-state index contributed by atoms with van der Waals surface area (Å²) in [6.07, 6.45) is 2.48. The predicted molar refractivity (Wildman–Crippen MR) is 115 cm³/mol. The van der Waals surface area contributed by atoms with E-state index in [-0.39, 0.29) is 5.91 Å². The van der Waals surface area contributed by atoms with Gasteiger partial charge < -0.3 is 20.1 Å². The van der Waals surface area contributed by atoms with Crippen LogP contribution in [0.2, 0.25) is 0 Å². The molecule has 6 heteroatoms. The zero-order valence-electron chi connectivity index (χ0n) is 16.9. The van der Waals surface area contributed by atoms with Crippen LogP contribution in [0.1, 0.15) is 21.6 Å². The minimum atomic E-state index is -0.226. The van der Waals surface area contributed by atoms with E-state index in [4.69, 9.17) is 9.47 Å². The van der Waals surface area contributed by atoms with E-state index in [1.165, 1.54) is 0 Å². The van der Waals surface area contributed by atoms with Crippen LogP contribution in [0, 0.1) is 6.92 Å². The quantitative estimate of drug-likeness (QED) is 0.598. The van der Waals surface area contributed by atoms with E-state index in [2.05, 4.69) is 15.6 Å². The zero-order chi connectivity index (χ0) is 20.6.